The molecular weight excluding hydrogens is 195 g/mol. The average Bonchev–Trinajstić information content (AvgIpc) is 1.80. The van der Waals surface area contributed by atoms with Crippen LogP contribution < -0.4 is 51.4 Å². The molecule has 0 saturated heterocycles. The first-order chi connectivity index (χ1) is 4.76. The number of Topliss-reactive ketones (excluding diaryl/α,β-unsaturated/α-hetero) is 1. The summed E-state index contributed by atoms with van der Waals surface area (Å²) in [6, 6.07) is 0. The van der Waals surface area contributed by atoms with E-state index in [1.807, 2.05) is 0 Å². The fourth-order valence-corrected chi connectivity index (χ4v) is 1.40. The van der Waals surface area contributed by atoms with Gasteiger partial charge in [0, 0.05) is 5.41 Å². The summed E-state index contributed by atoms with van der Waals surface area (Å²) in [5.41, 5.74) is -1.15. The topological polar surface area (TPSA) is 17.1 Å². The first kappa shape index (κ1) is 13.2. The summed E-state index contributed by atoms with van der Waals surface area (Å²) in [6.45, 7) is -2.10. The summed E-state index contributed by atoms with van der Waals surface area (Å²) in [5.74, 6) is -1.64. The van der Waals surface area contributed by atoms with Gasteiger partial charge >= 0.3 is 58.4 Å². The first-order valence-corrected chi connectivity index (χ1v) is 3.49. The van der Waals surface area contributed by atoms with Crippen LogP contribution in [0.3, 0.4) is 0 Å². The number of ketones is 1. The summed E-state index contributed by atoms with van der Waals surface area (Å²) < 4.78 is 36.2. The van der Waals surface area contributed by atoms with E-state index in [1.165, 1.54) is 13.8 Å². The van der Waals surface area contributed by atoms with Crippen molar-refractivity contribution in [3.05, 3.63) is 0 Å². The second-order valence-electron chi connectivity index (χ2n) is 3.58. The molecule has 0 N–H and O–H groups in total. The van der Waals surface area contributed by atoms with Crippen LogP contribution in [0.15, 0.2) is 0 Å². The second kappa shape index (κ2) is 3.73. The predicted octanol–water partition coefficient (Wildman–Crippen LogP) is -0.793. The minimum Gasteiger partial charge on any atom is -0.449 e. The van der Waals surface area contributed by atoms with Crippen LogP contribution in [0.2, 0.25) is 5.82 Å². The third-order valence-corrected chi connectivity index (χ3v) is 2.51. The van der Waals surface area contributed by atoms with Crippen molar-refractivity contribution in [2.45, 2.75) is 26.1 Å². The maximum absolute atomic E-state index is 12.1. The molecular formula is C6H9BF3KO. The summed E-state index contributed by atoms with van der Waals surface area (Å²) in [6.07, 6.45) is -0.309. The summed E-state index contributed by atoms with van der Waals surface area (Å²) in [7, 11) is 0. The van der Waals surface area contributed by atoms with Gasteiger partial charge in [-0.15, -0.1) is 0 Å². The molecule has 0 amide bonds. The van der Waals surface area contributed by atoms with Crippen molar-refractivity contribution in [2.75, 3.05) is 0 Å². The van der Waals surface area contributed by atoms with Crippen molar-refractivity contribution < 1.29 is 69.1 Å². The van der Waals surface area contributed by atoms with Crippen molar-refractivity contribution in [1.29, 1.82) is 0 Å². The standard InChI is InChI=1S/C6H9BF3O.K/c1-6(2)4(3-5(6)11)7(8,9)10;/h4H,3H2,1-2H3;/q-1;+1. The maximum Gasteiger partial charge on any atom is 1.00 e. The first-order valence-electron chi connectivity index (χ1n) is 3.49. The Morgan fingerprint density at radius 1 is 1.42 bits per heavy atom. The third-order valence-electron chi connectivity index (χ3n) is 2.51. The van der Waals surface area contributed by atoms with E-state index in [0.29, 0.717) is 0 Å². The number of carbonyl (C=O) groups is 1. The van der Waals surface area contributed by atoms with Crippen LogP contribution in [0.4, 0.5) is 12.9 Å². The van der Waals surface area contributed by atoms with Gasteiger partial charge in [0.05, 0.1) is 0 Å². The van der Waals surface area contributed by atoms with Gasteiger partial charge in [-0.2, -0.15) is 0 Å². The summed E-state index contributed by atoms with van der Waals surface area (Å²) in [5, 5.41) is 0. The molecule has 1 aliphatic rings. The zero-order valence-corrected chi connectivity index (χ0v) is 10.5. The molecule has 0 spiro atoms. The van der Waals surface area contributed by atoms with Crippen LogP contribution in [0.5, 0.6) is 0 Å². The van der Waals surface area contributed by atoms with Crippen LogP contribution in [-0.2, 0) is 4.79 Å². The van der Waals surface area contributed by atoms with Crippen LogP contribution in [0.25, 0.3) is 0 Å². The van der Waals surface area contributed by atoms with E-state index in [1.54, 1.807) is 0 Å². The Labute approximate surface area is 112 Å². The molecule has 6 heteroatoms. The van der Waals surface area contributed by atoms with E-state index in [4.69, 9.17) is 0 Å². The summed E-state index contributed by atoms with van der Waals surface area (Å²) in [4.78, 5) is 10.7. The normalized spacial score (nSPS) is 27.4. The van der Waals surface area contributed by atoms with E-state index >= 15 is 0 Å². The Bertz CT molecular complexity index is 201. The van der Waals surface area contributed by atoms with Gasteiger partial charge in [-0.1, -0.05) is 19.7 Å². The molecule has 0 aromatic carbocycles. The SMILES string of the molecule is CC1(C)C(=O)CC1[B-](F)(F)F.[K+]. The van der Waals surface area contributed by atoms with Crippen molar-refractivity contribution in [1.82, 2.24) is 0 Å². The molecule has 12 heavy (non-hydrogen) atoms. The van der Waals surface area contributed by atoms with E-state index in [9.17, 15) is 17.7 Å². The Kier molecular flexibility index (Phi) is 4.09. The zero-order chi connectivity index (χ0) is 8.86. The van der Waals surface area contributed by atoms with Gasteiger partial charge in [0.1, 0.15) is 5.78 Å². The van der Waals surface area contributed by atoms with Crippen LogP contribution >= 0.6 is 0 Å². The van der Waals surface area contributed by atoms with E-state index in [2.05, 4.69) is 0 Å². The van der Waals surface area contributed by atoms with E-state index in [0.717, 1.165) is 0 Å². The van der Waals surface area contributed by atoms with Gasteiger partial charge < -0.3 is 12.9 Å². The molecule has 0 radical (unpaired) electrons. The molecule has 64 valence electrons. The Hall–Kier alpha value is 1.16. The van der Waals surface area contributed by atoms with Crippen LogP contribution in [0.1, 0.15) is 20.3 Å². The molecule has 1 unspecified atom stereocenters. The zero-order valence-electron chi connectivity index (χ0n) is 7.40. The number of carbonyl (C=O) groups excluding carboxylic acids is 1. The monoisotopic (exact) mass is 204 g/mol. The van der Waals surface area contributed by atoms with E-state index < -0.39 is 18.2 Å². The number of hydrogen-bond acceptors (Lipinski definition) is 1. The molecule has 1 aliphatic carbocycles. The van der Waals surface area contributed by atoms with Gasteiger partial charge in [0.15, 0.2) is 0 Å². The second-order valence-corrected chi connectivity index (χ2v) is 3.58. The minimum absolute atomic E-state index is 0. The minimum atomic E-state index is -4.82. The molecule has 1 atom stereocenters. The molecule has 0 aliphatic heterocycles. The van der Waals surface area contributed by atoms with Gasteiger partial charge in [0.25, 0.3) is 0 Å². The van der Waals surface area contributed by atoms with Crippen LogP contribution in [0, 0.1) is 5.41 Å². The molecule has 0 aromatic rings. The van der Waals surface area contributed by atoms with Crippen molar-refractivity contribution >= 4 is 12.8 Å². The molecule has 1 fully saturated rings. The fourth-order valence-electron chi connectivity index (χ4n) is 1.40. The molecule has 0 heterocycles. The molecule has 0 aromatic heterocycles. The van der Waals surface area contributed by atoms with E-state index in [-0.39, 0.29) is 63.6 Å². The Morgan fingerprint density at radius 2 is 1.83 bits per heavy atom. The summed E-state index contributed by atoms with van der Waals surface area (Å²) >= 11 is 0. The van der Waals surface area contributed by atoms with Gasteiger partial charge in [-0.3, -0.25) is 4.79 Å². The maximum atomic E-state index is 12.1. The smallest absolute Gasteiger partial charge is 0.449 e. The Morgan fingerprint density at radius 3 is 1.92 bits per heavy atom. The van der Waals surface area contributed by atoms with Gasteiger partial charge in [-0.05, 0) is 6.42 Å². The van der Waals surface area contributed by atoms with Crippen molar-refractivity contribution in [2.24, 2.45) is 5.41 Å². The largest absolute Gasteiger partial charge is 1.00 e. The van der Waals surface area contributed by atoms with Gasteiger partial charge in [0.2, 0.25) is 0 Å². The number of rotatable bonds is 1. The fraction of sp³-hybridized carbons (Fsp3) is 0.833. The molecule has 1 rings (SSSR count). The third kappa shape index (κ3) is 2.15. The quantitative estimate of drug-likeness (QED) is 0.511. The molecule has 1 saturated carbocycles. The number of hydrogen-bond donors (Lipinski definition) is 0. The Balaban J connectivity index is 0.00000121. The van der Waals surface area contributed by atoms with Gasteiger partial charge in [-0.25, -0.2) is 0 Å². The predicted molar refractivity (Wildman–Crippen MR) is 36.2 cm³/mol. The van der Waals surface area contributed by atoms with Crippen molar-refractivity contribution in [3.8, 4) is 0 Å². The number of halogens is 3. The van der Waals surface area contributed by atoms with Crippen molar-refractivity contribution in [3.63, 3.8) is 0 Å². The van der Waals surface area contributed by atoms with Crippen LogP contribution in [-0.4, -0.2) is 12.8 Å². The average molecular weight is 204 g/mol. The molecule has 0 bridgehead atoms. The molecule has 1 nitrogen and oxygen atoms in total.